The van der Waals surface area contributed by atoms with Gasteiger partial charge < -0.3 is 10.6 Å². The lowest BCUT2D eigenvalue weighted by Crippen LogP contribution is -2.39. The highest BCUT2D eigenvalue weighted by Gasteiger charge is 2.19. The molecule has 1 atom stereocenters. The molecule has 2 aromatic rings. The van der Waals surface area contributed by atoms with Crippen LogP contribution in [-0.2, 0) is 16.6 Å². The van der Waals surface area contributed by atoms with Crippen molar-refractivity contribution in [3.63, 3.8) is 0 Å². The van der Waals surface area contributed by atoms with E-state index in [1.807, 2.05) is 13.0 Å². The van der Waals surface area contributed by atoms with Crippen molar-refractivity contribution in [3.8, 4) is 0 Å². The fraction of sp³-hybridized carbons (Fsp3) is 0.450. The molecule has 0 radical (unpaired) electrons. The van der Waals surface area contributed by atoms with E-state index < -0.39 is 10.0 Å². The summed E-state index contributed by atoms with van der Waals surface area (Å²) in [6, 6.07) is 12.0. The second kappa shape index (κ2) is 10.0. The maximum atomic E-state index is 12.2. The number of guanidine groups is 1. The molecule has 0 aliphatic heterocycles. The number of aliphatic imine (C=N–C) groups is 1. The largest absolute Gasteiger partial charge is 0.357 e. The minimum Gasteiger partial charge on any atom is -0.357 e. The van der Waals surface area contributed by atoms with Gasteiger partial charge in [0.25, 0.3) is 10.0 Å². The predicted octanol–water partition coefficient (Wildman–Crippen LogP) is 3.17. The van der Waals surface area contributed by atoms with Crippen molar-refractivity contribution < 1.29 is 8.42 Å². The first-order valence-electron chi connectivity index (χ1n) is 9.34. The number of nitrogens with zero attached hydrogens (tertiary/aromatic N) is 2. The molecule has 1 aromatic carbocycles. The zero-order chi connectivity index (χ0) is 20.7. The van der Waals surface area contributed by atoms with E-state index in [2.05, 4.69) is 53.7 Å². The average Bonchev–Trinajstić information content (AvgIpc) is 3.14. The first-order valence-corrected chi connectivity index (χ1v) is 11.6. The highest BCUT2D eigenvalue weighted by Crippen LogP contribution is 2.24. The molecule has 1 heterocycles. The summed E-state index contributed by atoms with van der Waals surface area (Å²) in [6.45, 7) is 8.24. The molecule has 0 fully saturated rings. The van der Waals surface area contributed by atoms with Gasteiger partial charge in [-0.25, -0.2) is 17.7 Å². The Morgan fingerprint density at radius 3 is 2.43 bits per heavy atom. The quantitative estimate of drug-likeness (QED) is 0.506. The van der Waals surface area contributed by atoms with Crippen molar-refractivity contribution in [2.45, 2.75) is 37.4 Å². The van der Waals surface area contributed by atoms with Crippen LogP contribution < -0.4 is 10.6 Å². The zero-order valence-electron chi connectivity index (χ0n) is 17.2. The van der Waals surface area contributed by atoms with Gasteiger partial charge in [-0.15, -0.1) is 11.3 Å². The second-order valence-corrected chi connectivity index (χ2v) is 10.4. The van der Waals surface area contributed by atoms with Crippen molar-refractivity contribution in [1.82, 2.24) is 14.9 Å². The minimum absolute atomic E-state index is 0.341. The van der Waals surface area contributed by atoms with Gasteiger partial charge in [0, 0.05) is 32.1 Å². The van der Waals surface area contributed by atoms with Gasteiger partial charge in [-0.2, -0.15) is 0 Å². The Hall–Kier alpha value is -1.90. The van der Waals surface area contributed by atoms with Crippen molar-refractivity contribution in [3.05, 3.63) is 52.4 Å². The van der Waals surface area contributed by atoms with Crippen molar-refractivity contribution >= 4 is 27.3 Å². The topological polar surface area (TPSA) is 73.8 Å². The number of sulfonamides is 1. The molecule has 1 aromatic heterocycles. The van der Waals surface area contributed by atoms with Crippen LogP contribution in [0.3, 0.4) is 0 Å². The van der Waals surface area contributed by atoms with Gasteiger partial charge in [-0.05, 0) is 37.5 Å². The lowest BCUT2D eigenvalue weighted by atomic mass is 10.0. The highest BCUT2D eigenvalue weighted by atomic mass is 32.2. The maximum absolute atomic E-state index is 12.2. The summed E-state index contributed by atoms with van der Waals surface area (Å²) < 4.78 is 26.0. The third kappa shape index (κ3) is 6.05. The summed E-state index contributed by atoms with van der Waals surface area (Å²) >= 11 is 1.26. The zero-order valence-corrected chi connectivity index (χ0v) is 18.8. The Balaban J connectivity index is 2.00. The maximum Gasteiger partial charge on any atom is 0.252 e. The Morgan fingerprint density at radius 2 is 1.82 bits per heavy atom. The summed E-state index contributed by atoms with van der Waals surface area (Å²) in [5, 5.41) is 6.62. The first-order chi connectivity index (χ1) is 13.2. The first kappa shape index (κ1) is 22.4. The average molecular weight is 423 g/mol. The third-order valence-electron chi connectivity index (χ3n) is 4.33. The van der Waals surface area contributed by atoms with E-state index in [9.17, 15) is 8.42 Å². The summed E-state index contributed by atoms with van der Waals surface area (Å²) in [5.41, 5.74) is 2.54. The second-order valence-electron chi connectivity index (χ2n) is 6.90. The highest BCUT2D eigenvalue weighted by molar-refractivity contribution is 7.91. The monoisotopic (exact) mass is 422 g/mol. The lowest BCUT2D eigenvalue weighted by Gasteiger charge is -2.16. The third-order valence-corrected chi connectivity index (χ3v) is 7.68. The van der Waals surface area contributed by atoms with E-state index in [1.165, 1.54) is 40.9 Å². The molecule has 6 nitrogen and oxygen atoms in total. The molecular weight excluding hydrogens is 392 g/mol. The van der Waals surface area contributed by atoms with Gasteiger partial charge in [0.05, 0.1) is 6.54 Å². The SMILES string of the molecule is CCNC(=NCc1ccc(S(=O)(=O)N(C)C)s1)NCC(C)c1ccc(C)cc1. The van der Waals surface area contributed by atoms with Gasteiger partial charge in [-0.3, -0.25) is 0 Å². The molecule has 0 spiro atoms. The van der Waals surface area contributed by atoms with Gasteiger partial charge in [0.2, 0.25) is 0 Å². The van der Waals surface area contributed by atoms with Crippen LogP contribution >= 0.6 is 11.3 Å². The Morgan fingerprint density at radius 1 is 1.14 bits per heavy atom. The molecule has 0 bridgehead atoms. The fourth-order valence-corrected chi connectivity index (χ4v) is 4.97. The van der Waals surface area contributed by atoms with Crippen molar-refractivity contribution in [2.75, 3.05) is 27.2 Å². The van der Waals surface area contributed by atoms with E-state index in [1.54, 1.807) is 6.07 Å². The molecule has 0 saturated carbocycles. The van der Waals surface area contributed by atoms with Crippen molar-refractivity contribution in [1.29, 1.82) is 0 Å². The number of hydrogen-bond donors (Lipinski definition) is 2. The molecule has 28 heavy (non-hydrogen) atoms. The van der Waals surface area contributed by atoms with E-state index in [-0.39, 0.29) is 0 Å². The summed E-state index contributed by atoms with van der Waals surface area (Å²) in [6.07, 6.45) is 0. The molecule has 2 rings (SSSR count). The van der Waals surface area contributed by atoms with E-state index >= 15 is 0 Å². The number of hydrogen-bond acceptors (Lipinski definition) is 4. The molecular formula is C20H30N4O2S2. The van der Waals surface area contributed by atoms with E-state index in [4.69, 9.17) is 0 Å². The van der Waals surface area contributed by atoms with E-state index in [0.29, 0.717) is 16.7 Å². The van der Waals surface area contributed by atoms with Crippen LogP contribution in [0.4, 0.5) is 0 Å². The predicted molar refractivity (Wildman–Crippen MR) is 118 cm³/mol. The van der Waals surface area contributed by atoms with Crippen LogP contribution in [0.15, 0.2) is 45.6 Å². The number of nitrogens with one attached hydrogen (secondary N) is 2. The number of thiophene rings is 1. The number of aryl methyl sites for hydroxylation is 1. The summed E-state index contributed by atoms with van der Waals surface area (Å²) in [5.74, 6) is 1.08. The molecule has 0 aliphatic rings. The molecule has 154 valence electrons. The standard InChI is InChI=1S/C20H30N4O2S2/c1-6-21-20(22-13-16(3)17-9-7-15(2)8-10-17)23-14-18-11-12-19(27-18)28(25,26)24(4)5/h7-12,16H,6,13-14H2,1-5H3,(H2,21,22,23). The lowest BCUT2D eigenvalue weighted by molar-refractivity contribution is 0.523. The van der Waals surface area contributed by atoms with Crippen LogP contribution in [0.25, 0.3) is 0 Å². The molecule has 0 amide bonds. The van der Waals surface area contributed by atoms with Gasteiger partial charge in [-0.1, -0.05) is 36.8 Å². The van der Waals surface area contributed by atoms with E-state index in [0.717, 1.165) is 23.9 Å². The molecule has 2 N–H and O–H groups in total. The Labute approximate surface area is 172 Å². The van der Waals surface area contributed by atoms with Crippen LogP contribution in [0.2, 0.25) is 0 Å². The normalized spacial score (nSPS) is 13.6. The number of rotatable bonds is 8. The smallest absolute Gasteiger partial charge is 0.252 e. The van der Waals surface area contributed by atoms with Gasteiger partial charge >= 0.3 is 0 Å². The van der Waals surface area contributed by atoms with Gasteiger partial charge in [0.1, 0.15) is 4.21 Å². The van der Waals surface area contributed by atoms with Crippen LogP contribution in [0.1, 0.15) is 35.8 Å². The summed E-state index contributed by atoms with van der Waals surface area (Å²) in [4.78, 5) is 5.51. The minimum atomic E-state index is -3.39. The summed E-state index contributed by atoms with van der Waals surface area (Å²) in [7, 11) is -0.314. The van der Waals surface area contributed by atoms with Gasteiger partial charge in [0.15, 0.2) is 5.96 Å². The Kier molecular flexibility index (Phi) is 8.03. The van der Waals surface area contributed by atoms with Crippen LogP contribution in [0.5, 0.6) is 0 Å². The fourth-order valence-electron chi connectivity index (χ4n) is 2.52. The Bertz CT molecular complexity index is 887. The molecule has 1 unspecified atom stereocenters. The van der Waals surface area contributed by atoms with Crippen molar-refractivity contribution in [2.24, 2.45) is 4.99 Å². The van der Waals surface area contributed by atoms with Crippen LogP contribution in [-0.4, -0.2) is 45.9 Å². The molecule has 0 aliphatic carbocycles. The molecule has 0 saturated heterocycles. The van der Waals surface area contributed by atoms with Crippen LogP contribution in [0, 0.1) is 6.92 Å². The molecule has 8 heteroatoms. The number of benzene rings is 1.